The second-order valence-electron chi connectivity index (χ2n) is 11.9. The molecular weight excluding hydrogens is 585 g/mol. The normalized spacial score (nSPS) is 22.7. The number of rotatable bonds is 9. The molecule has 44 heavy (non-hydrogen) atoms. The number of methoxy groups -OCH3 is 1. The summed E-state index contributed by atoms with van der Waals surface area (Å²) in [5.74, 6) is 1.69. The Morgan fingerprint density at radius 2 is 1.93 bits per heavy atom. The zero-order valence-electron chi connectivity index (χ0n) is 25.0. The summed E-state index contributed by atoms with van der Waals surface area (Å²) < 4.78 is 43.4. The number of nitrogens with one attached hydrogen (secondary N) is 1. The number of halogens is 1. The number of alkyl halides is 1. The van der Waals surface area contributed by atoms with Crippen molar-refractivity contribution in [2.45, 2.75) is 37.6 Å². The Balaban J connectivity index is 1.31. The standard InChI is InChI=1S/C31H38FN7O4S/c1-4-30(40)39-12-5-6-26(39)21-7-8-25(38-16-20(17-38)19-44(3,41)42)23-15-34-29(14-22(21)23)35-28-9-11-33-31(36-28)37-13-10-27(43-2)24(32)18-37/h4,7-9,11,14-15,20,24,26-27H,1,5-6,10,12-13,16-19H2,2-3H3,(H,33,34,35,36)/t24-,26-,27+/m0/s1. The van der Waals surface area contributed by atoms with Crippen LogP contribution in [0.2, 0.25) is 0 Å². The summed E-state index contributed by atoms with van der Waals surface area (Å²) in [5.41, 5.74) is 2.00. The van der Waals surface area contributed by atoms with Crippen molar-refractivity contribution in [1.82, 2.24) is 19.9 Å². The number of hydrogen-bond acceptors (Lipinski definition) is 10. The number of carbonyl (C=O) groups excluding carboxylic acids is 1. The molecule has 6 rings (SSSR count). The topological polar surface area (TPSA) is 121 Å². The van der Waals surface area contributed by atoms with E-state index < -0.39 is 22.1 Å². The number of sulfone groups is 1. The lowest BCUT2D eigenvalue weighted by Crippen LogP contribution is -2.49. The maximum Gasteiger partial charge on any atom is 0.246 e. The van der Waals surface area contributed by atoms with Crippen molar-refractivity contribution < 1.29 is 22.3 Å². The van der Waals surface area contributed by atoms with E-state index in [2.05, 4.69) is 38.9 Å². The Hall–Kier alpha value is -3.84. The molecule has 3 fully saturated rings. The molecule has 234 valence electrons. The molecule has 0 spiro atoms. The fourth-order valence-electron chi connectivity index (χ4n) is 6.68. The molecule has 0 unspecified atom stereocenters. The van der Waals surface area contributed by atoms with Gasteiger partial charge in [0.05, 0.1) is 24.4 Å². The third-order valence-corrected chi connectivity index (χ3v) is 9.86. The molecule has 3 aliphatic rings. The molecule has 2 aromatic heterocycles. The summed E-state index contributed by atoms with van der Waals surface area (Å²) in [6.45, 7) is 6.41. The van der Waals surface area contributed by atoms with Crippen molar-refractivity contribution in [3.8, 4) is 0 Å². The molecule has 1 aromatic carbocycles. The molecular formula is C31H38FN7O4S. The monoisotopic (exact) mass is 623 g/mol. The second-order valence-corrected chi connectivity index (χ2v) is 14.1. The zero-order valence-corrected chi connectivity index (χ0v) is 25.8. The van der Waals surface area contributed by atoms with E-state index in [0.29, 0.717) is 50.2 Å². The first-order chi connectivity index (χ1) is 21.1. The summed E-state index contributed by atoms with van der Waals surface area (Å²) in [6.07, 6.45) is 6.83. The van der Waals surface area contributed by atoms with Gasteiger partial charge in [-0.15, -0.1) is 0 Å². The van der Waals surface area contributed by atoms with E-state index in [0.717, 1.165) is 34.9 Å². The van der Waals surface area contributed by atoms with Gasteiger partial charge in [0.25, 0.3) is 0 Å². The van der Waals surface area contributed by atoms with Crippen LogP contribution in [0.15, 0.2) is 49.3 Å². The molecule has 3 aliphatic heterocycles. The van der Waals surface area contributed by atoms with Crippen molar-refractivity contribution in [3.05, 3.63) is 54.9 Å². The zero-order chi connectivity index (χ0) is 31.0. The van der Waals surface area contributed by atoms with Crippen LogP contribution in [0.25, 0.3) is 10.8 Å². The van der Waals surface area contributed by atoms with Crippen LogP contribution in [0.1, 0.15) is 30.9 Å². The minimum Gasteiger partial charge on any atom is -0.378 e. The number of piperidine rings is 1. The van der Waals surface area contributed by atoms with E-state index in [4.69, 9.17) is 9.72 Å². The number of amides is 1. The van der Waals surface area contributed by atoms with Crippen LogP contribution in [0, 0.1) is 5.92 Å². The lowest BCUT2D eigenvalue weighted by atomic mass is 9.94. The number of benzene rings is 1. The molecule has 5 heterocycles. The van der Waals surface area contributed by atoms with Gasteiger partial charge < -0.3 is 24.8 Å². The van der Waals surface area contributed by atoms with Gasteiger partial charge in [0, 0.05) is 68.9 Å². The van der Waals surface area contributed by atoms with Crippen molar-refractivity contribution >= 4 is 49.8 Å². The summed E-state index contributed by atoms with van der Waals surface area (Å²) >= 11 is 0. The lowest BCUT2D eigenvalue weighted by molar-refractivity contribution is -0.126. The van der Waals surface area contributed by atoms with Gasteiger partial charge in [0.2, 0.25) is 11.9 Å². The molecule has 0 saturated carbocycles. The van der Waals surface area contributed by atoms with E-state index in [1.54, 1.807) is 12.3 Å². The maximum absolute atomic E-state index is 14.6. The van der Waals surface area contributed by atoms with Crippen molar-refractivity contribution in [2.24, 2.45) is 5.92 Å². The average Bonchev–Trinajstić information content (AvgIpc) is 3.47. The highest BCUT2D eigenvalue weighted by molar-refractivity contribution is 7.90. The van der Waals surface area contributed by atoms with Crippen LogP contribution < -0.4 is 15.1 Å². The first-order valence-electron chi connectivity index (χ1n) is 14.9. The minimum absolute atomic E-state index is 0.0871. The number of fused-ring (bicyclic) bond motifs is 1. The highest BCUT2D eigenvalue weighted by Gasteiger charge is 2.34. The number of nitrogens with zero attached hydrogens (tertiary/aromatic N) is 6. The highest BCUT2D eigenvalue weighted by atomic mass is 32.2. The first kappa shape index (κ1) is 30.2. The van der Waals surface area contributed by atoms with E-state index in [1.807, 2.05) is 22.1 Å². The van der Waals surface area contributed by atoms with Crippen LogP contribution in [0.3, 0.4) is 0 Å². The van der Waals surface area contributed by atoms with Crippen LogP contribution in [-0.2, 0) is 19.4 Å². The minimum atomic E-state index is -3.05. The molecule has 3 aromatic rings. The average molecular weight is 624 g/mol. The Labute approximate surface area is 257 Å². The number of hydrogen-bond donors (Lipinski definition) is 1. The third kappa shape index (κ3) is 6.20. The van der Waals surface area contributed by atoms with Gasteiger partial charge >= 0.3 is 0 Å². The van der Waals surface area contributed by atoms with Crippen LogP contribution >= 0.6 is 0 Å². The largest absolute Gasteiger partial charge is 0.378 e. The van der Waals surface area contributed by atoms with Gasteiger partial charge in [-0.05, 0) is 54.5 Å². The van der Waals surface area contributed by atoms with E-state index in [9.17, 15) is 17.6 Å². The van der Waals surface area contributed by atoms with Crippen LogP contribution in [0.4, 0.5) is 27.7 Å². The number of anilines is 4. The predicted octanol–water partition coefficient (Wildman–Crippen LogP) is 3.66. The molecule has 0 aliphatic carbocycles. The number of likely N-dealkylation sites (tertiary alicyclic amines) is 1. The Kier molecular flexibility index (Phi) is 8.42. The maximum atomic E-state index is 14.6. The first-order valence-corrected chi connectivity index (χ1v) is 17.0. The van der Waals surface area contributed by atoms with E-state index >= 15 is 0 Å². The summed E-state index contributed by atoms with van der Waals surface area (Å²) in [4.78, 5) is 32.3. The van der Waals surface area contributed by atoms with Crippen LogP contribution in [0.5, 0.6) is 0 Å². The van der Waals surface area contributed by atoms with E-state index in [-0.39, 0.29) is 30.2 Å². The molecule has 3 atom stereocenters. The third-order valence-electron chi connectivity index (χ3n) is 8.78. The second kappa shape index (κ2) is 12.3. The highest BCUT2D eigenvalue weighted by Crippen LogP contribution is 2.41. The van der Waals surface area contributed by atoms with Gasteiger partial charge in [0.15, 0.2) is 0 Å². The fraction of sp³-hybridized carbons (Fsp3) is 0.484. The Morgan fingerprint density at radius 3 is 2.66 bits per heavy atom. The number of carbonyl (C=O) groups is 1. The number of aromatic nitrogens is 3. The van der Waals surface area contributed by atoms with E-state index in [1.165, 1.54) is 19.4 Å². The van der Waals surface area contributed by atoms with Gasteiger partial charge in [-0.25, -0.2) is 22.8 Å². The van der Waals surface area contributed by atoms with Crippen LogP contribution in [-0.4, -0.2) is 98.3 Å². The number of ether oxygens (including phenoxy) is 1. The summed E-state index contributed by atoms with van der Waals surface area (Å²) in [6, 6.07) is 7.74. The lowest BCUT2D eigenvalue weighted by Gasteiger charge is -2.41. The predicted molar refractivity (Wildman–Crippen MR) is 169 cm³/mol. The Morgan fingerprint density at radius 1 is 1.11 bits per heavy atom. The quantitative estimate of drug-likeness (QED) is 0.354. The molecule has 0 bridgehead atoms. The molecule has 0 radical (unpaired) electrons. The molecule has 1 amide bonds. The Bertz CT molecular complexity index is 1670. The summed E-state index contributed by atoms with van der Waals surface area (Å²) in [5, 5.41) is 5.18. The van der Waals surface area contributed by atoms with Crippen molar-refractivity contribution in [2.75, 3.05) is 67.0 Å². The van der Waals surface area contributed by atoms with Crippen molar-refractivity contribution in [3.63, 3.8) is 0 Å². The fourth-order valence-corrected chi connectivity index (χ4v) is 7.75. The smallest absolute Gasteiger partial charge is 0.246 e. The molecule has 3 saturated heterocycles. The molecule has 13 heteroatoms. The van der Waals surface area contributed by atoms with Crippen molar-refractivity contribution in [1.29, 1.82) is 0 Å². The molecule has 11 nitrogen and oxygen atoms in total. The van der Waals surface area contributed by atoms with Gasteiger partial charge in [-0.2, -0.15) is 4.98 Å². The SMILES string of the molecule is C=CC(=O)N1CCC[C@H]1c1ccc(N2CC(CS(C)(=O)=O)C2)c2cnc(Nc3ccnc(N4CC[C@@H](OC)[C@@H](F)C4)n3)cc12. The van der Waals surface area contributed by atoms with Gasteiger partial charge in [-0.1, -0.05) is 12.6 Å². The summed E-state index contributed by atoms with van der Waals surface area (Å²) in [7, 11) is -1.52. The number of pyridine rings is 1. The van der Waals surface area contributed by atoms with Gasteiger partial charge in [0.1, 0.15) is 27.6 Å². The van der Waals surface area contributed by atoms with Gasteiger partial charge in [-0.3, -0.25) is 4.79 Å². The molecule has 1 N–H and O–H groups in total.